The van der Waals surface area contributed by atoms with Gasteiger partial charge in [-0.1, -0.05) is 0 Å². The summed E-state index contributed by atoms with van der Waals surface area (Å²) in [5.74, 6) is 1.80. The molecule has 0 N–H and O–H groups in total. The molecular formula is C15H17N5Se2. The fourth-order valence-electron chi connectivity index (χ4n) is 2.34. The molecule has 0 spiro atoms. The van der Waals surface area contributed by atoms with Crippen LogP contribution < -0.4 is 0 Å². The molecule has 0 bridgehead atoms. The molecule has 0 atom stereocenters. The molecule has 3 aromatic heterocycles. The van der Waals surface area contributed by atoms with Gasteiger partial charge in [0.15, 0.2) is 0 Å². The Morgan fingerprint density at radius 2 is 1.27 bits per heavy atom. The summed E-state index contributed by atoms with van der Waals surface area (Å²) in [6, 6.07) is 6.06. The van der Waals surface area contributed by atoms with Gasteiger partial charge in [0.25, 0.3) is 0 Å². The van der Waals surface area contributed by atoms with E-state index in [-0.39, 0.29) is 0 Å². The normalized spacial score (nSPS) is 11.0. The first-order chi connectivity index (χ1) is 10.7. The predicted octanol–water partition coefficient (Wildman–Crippen LogP) is 1.71. The molecule has 0 saturated carbocycles. The van der Waals surface area contributed by atoms with Crippen molar-refractivity contribution >= 4 is 31.2 Å². The molecular weight excluding hydrogens is 408 g/mol. The molecule has 0 aliphatic rings. The van der Waals surface area contributed by atoms with Crippen molar-refractivity contribution in [2.24, 2.45) is 0 Å². The van der Waals surface area contributed by atoms with Gasteiger partial charge in [0.05, 0.1) is 0 Å². The van der Waals surface area contributed by atoms with E-state index in [1.807, 2.05) is 30.6 Å². The summed E-state index contributed by atoms with van der Waals surface area (Å²) in [5.41, 5.74) is 0. The van der Waals surface area contributed by atoms with Gasteiger partial charge >= 0.3 is 145 Å². The topological polar surface area (TPSA) is 32.6 Å². The van der Waals surface area contributed by atoms with Gasteiger partial charge in [-0.25, -0.2) is 0 Å². The second-order valence-electron chi connectivity index (χ2n) is 4.83. The van der Waals surface area contributed by atoms with Gasteiger partial charge in [0, 0.05) is 0 Å². The number of aromatic nitrogens is 5. The van der Waals surface area contributed by atoms with Crippen LogP contribution in [0.3, 0.4) is 0 Å². The Labute approximate surface area is 144 Å². The van der Waals surface area contributed by atoms with Crippen LogP contribution in [0.4, 0.5) is 0 Å². The third kappa shape index (κ3) is 2.66. The monoisotopic (exact) mass is 427 g/mol. The maximum absolute atomic E-state index is 4.79. The van der Waals surface area contributed by atoms with Crippen molar-refractivity contribution < 1.29 is 0 Å². The molecule has 0 aliphatic heterocycles. The summed E-state index contributed by atoms with van der Waals surface area (Å²) < 4.78 is 10.5. The van der Waals surface area contributed by atoms with Crippen molar-refractivity contribution in [3.8, 4) is 11.6 Å². The number of hydrogen-bond acceptors (Lipinski definition) is 1. The predicted molar refractivity (Wildman–Crippen MR) is 88.2 cm³/mol. The van der Waals surface area contributed by atoms with Crippen molar-refractivity contribution in [1.29, 1.82) is 0 Å². The second-order valence-corrected chi connectivity index (χ2v) is 6.36. The average molecular weight is 425 g/mol. The standard InChI is InChI=1S/C15H17N5Se2/c1-3-17-8-10-19(14(17)21)12-6-5-7-13(16-12)20-11-9-18(4-2)15(20)22/h5-11H,3-4H2,1-2H3. The first kappa shape index (κ1) is 15.5. The van der Waals surface area contributed by atoms with Gasteiger partial charge in [0.2, 0.25) is 0 Å². The van der Waals surface area contributed by atoms with E-state index >= 15 is 0 Å². The van der Waals surface area contributed by atoms with Crippen LogP contribution in [0.5, 0.6) is 0 Å². The Morgan fingerprint density at radius 3 is 1.64 bits per heavy atom. The van der Waals surface area contributed by atoms with Gasteiger partial charge in [0.1, 0.15) is 0 Å². The summed E-state index contributed by atoms with van der Waals surface area (Å²) >= 11 is 6.24. The molecule has 0 fully saturated rings. The molecule has 3 rings (SSSR count). The van der Waals surface area contributed by atoms with Crippen LogP contribution in [0.2, 0.25) is 0 Å². The first-order valence-corrected chi connectivity index (χ1v) is 8.90. The van der Waals surface area contributed by atoms with Gasteiger partial charge in [-0.05, 0) is 0 Å². The van der Waals surface area contributed by atoms with Gasteiger partial charge in [-0.2, -0.15) is 0 Å². The van der Waals surface area contributed by atoms with Crippen molar-refractivity contribution in [2.45, 2.75) is 26.9 Å². The number of nitrogens with zero attached hydrogens (tertiary/aromatic N) is 5. The Balaban J connectivity index is 2.10. The number of aryl methyl sites for hydroxylation is 2. The van der Waals surface area contributed by atoms with Crippen molar-refractivity contribution in [1.82, 2.24) is 23.3 Å². The number of hydrogen-bond donors (Lipinski definition) is 0. The molecule has 7 heteroatoms. The summed E-state index contributed by atoms with van der Waals surface area (Å²) in [6.45, 7) is 6.10. The van der Waals surface area contributed by atoms with E-state index in [0.717, 1.165) is 33.4 Å². The van der Waals surface area contributed by atoms with E-state index in [9.17, 15) is 0 Å². The van der Waals surface area contributed by atoms with Crippen LogP contribution in [0.15, 0.2) is 43.0 Å². The summed E-state index contributed by atoms with van der Waals surface area (Å²) in [7, 11) is 0. The van der Waals surface area contributed by atoms with Gasteiger partial charge in [-0.15, -0.1) is 0 Å². The molecule has 3 heterocycles. The van der Waals surface area contributed by atoms with Crippen molar-refractivity contribution in [3.05, 3.63) is 51.6 Å². The van der Waals surface area contributed by atoms with Crippen LogP contribution in [-0.4, -0.2) is 54.4 Å². The van der Waals surface area contributed by atoms with E-state index < -0.39 is 0 Å². The number of pyridine rings is 1. The van der Waals surface area contributed by atoms with E-state index in [2.05, 4.69) is 75.7 Å². The molecule has 0 radical (unpaired) electrons. The van der Waals surface area contributed by atoms with Crippen molar-refractivity contribution in [2.75, 3.05) is 0 Å². The number of rotatable bonds is 4. The van der Waals surface area contributed by atoms with E-state index in [0.29, 0.717) is 0 Å². The molecule has 114 valence electrons. The van der Waals surface area contributed by atoms with E-state index in [1.165, 1.54) is 0 Å². The Bertz CT molecular complexity index is 841. The first-order valence-electron chi connectivity index (χ1n) is 7.19. The minimum absolute atomic E-state index is 0.898. The summed E-state index contributed by atoms with van der Waals surface area (Å²) in [5, 5.41) is 0. The van der Waals surface area contributed by atoms with E-state index in [4.69, 9.17) is 4.98 Å². The van der Waals surface area contributed by atoms with Crippen LogP contribution in [0, 0.1) is 8.65 Å². The average Bonchev–Trinajstić information content (AvgIpc) is 3.10. The van der Waals surface area contributed by atoms with Gasteiger partial charge < -0.3 is 0 Å². The number of imidazole rings is 2. The third-order valence-electron chi connectivity index (χ3n) is 3.59. The SMILES string of the molecule is CCn1ccn(-c2cccc(-n3ccn(CC)c3=[Se])n2)c1=[Se]. The molecule has 0 saturated heterocycles. The molecule has 3 aromatic rings. The Hall–Kier alpha value is -1.39. The summed E-state index contributed by atoms with van der Waals surface area (Å²) in [6.07, 6.45) is 8.17. The Morgan fingerprint density at radius 1 is 0.818 bits per heavy atom. The zero-order chi connectivity index (χ0) is 15.7. The van der Waals surface area contributed by atoms with E-state index in [1.54, 1.807) is 0 Å². The fourth-order valence-corrected chi connectivity index (χ4v) is 3.78. The third-order valence-corrected chi connectivity index (χ3v) is 5.40. The second kappa shape index (κ2) is 6.39. The minimum atomic E-state index is 0.898. The molecule has 0 amide bonds. The van der Waals surface area contributed by atoms with Crippen LogP contribution in [0.1, 0.15) is 13.8 Å². The summed E-state index contributed by atoms with van der Waals surface area (Å²) in [4.78, 5) is 4.79. The Kier molecular flexibility index (Phi) is 4.50. The zero-order valence-corrected chi connectivity index (χ0v) is 15.9. The van der Waals surface area contributed by atoms with Crippen molar-refractivity contribution in [3.63, 3.8) is 0 Å². The molecule has 0 unspecified atom stereocenters. The van der Waals surface area contributed by atoms with Crippen LogP contribution >= 0.6 is 0 Å². The van der Waals surface area contributed by atoms with Crippen LogP contribution in [0.25, 0.3) is 11.6 Å². The molecule has 0 aromatic carbocycles. The molecule has 22 heavy (non-hydrogen) atoms. The zero-order valence-electron chi connectivity index (χ0n) is 12.5. The quantitative estimate of drug-likeness (QED) is 0.586. The van der Waals surface area contributed by atoms with Gasteiger partial charge in [-0.3, -0.25) is 0 Å². The van der Waals surface area contributed by atoms with Crippen LogP contribution in [-0.2, 0) is 13.1 Å². The maximum atomic E-state index is 4.79. The molecule has 0 aliphatic carbocycles. The molecule has 5 nitrogen and oxygen atoms in total. The fraction of sp³-hybridized carbons (Fsp3) is 0.267.